The molecule has 3 N–H and O–H groups in total. The fourth-order valence-electron chi connectivity index (χ4n) is 2.20. The maximum atomic E-state index is 11.9. The molecule has 2 saturated heterocycles. The molecule has 0 aromatic carbocycles. The largest absolute Gasteiger partial charge is 0.346 e. The van der Waals surface area contributed by atoms with E-state index in [0.717, 1.165) is 6.42 Å². The summed E-state index contributed by atoms with van der Waals surface area (Å²) in [6.07, 6.45) is 1.32. The minimum atomic E-state index is -0.545. The van der Waals surface area contributed by atoms with Gasteiger partial charge in [0.1, 0.15) is 6.04 Å². The molecule has 0 radical (unpaired) electrons. The molecule has 1 atom stereocenters. The third-order valence-corrected chi connectivity index (χ3v) is 3.18. The van der Waals surface area contributed by atoms with Gasteiger partial charge < -0.3 is 20.9 Å². The summed E-state index contributed by atoms with van der Waals surface area (Å²) in [5, 5.41) is 7.26. The number of hydrogen-bond acceptors (Lipinski definition) is 4. The van der Waals surface area contributed by atoms with Gasteiger partial charge in [0.15, 0.2) is 0 Å². The van der Waals surface area contributed by atoms with Gasteiger partial charge in [0.25, 0.3) is 0 Å². The van der Waals surface area contributed by atoms with Crippen molar-refractivity contribution in [2.75, 3.05) is 26.2 Å². The summed E-state index contributed by atoms with van der Waals surface area (Å²) in [7, 11) is 0. The summed E-state index contributed by atoms with van der Waals surface area (Å²) in [5.41, 5.74) is 0. The SMILES string of the molecule is O=C1CNC(=O)CNC(=O)[C@H]2CCCN2C(=O)CN1. The molecule has 8 nitrogen and oxygen atoms in total. The molecule has 2 heterocycles. The topological polar surface area (TPSA) is 108 Å². The average molecular weight is 268 g/mol. The molecule has 2 aliphatic heterocycles. The highest BCUT2D eigenvalue weighted by Crippen LogP contribution is 2.17. The summed E-state index contributed by atoms with van der Waals surface area (Å²) in [5.74, 6) is -1.46. The molecule has 0 saturated carbocycles. The van der Waals surface area contributed by atoms with Crippen molar-refractivity contribution >= 4 is 23.6 Å². The number of fused-ring (bicyclic) bond motifs is 1. The van der Waals surface area contributed by atoms with Crippen molar-refractivity contribution in [2.45, 2.75) is 18.9 Å². The van der Waals surface area contributed by atoms with Gasteiger partial charge in [0.05, 0.1) is 19.6 Å². The van der Waals surface area contributed by atoms with Crippen LogP contribution in [0.25, 0.3) is 0 Å². The zero-order valence-corrected chi connectivity index (χ0v) is 10.4. The second-order valence-corrected chi connectivity index (χ2v) is 4.52. The summed E-state index contributed by atoms with van der Waals surface area (Å²) in [6, 6.07) is -0.545. The van der Waals surface area contributed by atoms with E-state index in [1.54, 1.807) is 0 Å². The molecule has 4 amide bonds. The highest BCUT2D eigenvalue weighted by atomic mass is 16.2. The van der Waals surface area contributed by atoms with Crippen molar-refractivity contribution in [2.24, 2.45) is 0 Å². The second-order valence-electron chi connectivity index (χ2n) is 4.52. The van der Waals surface area contributed by atoms with E-state index in [4.69, 9.17) is 0 Å². The number of hydrogen-bond donors (Lipinski definition) is 3. The Labute approximate surface area is 109 Å². The van der Waals surface area contributed by atoms with E-state index >= 15 is 0 Å². The van der Waals surface area contributed by atoms with E-state index in [-0.39, 0.29) is 31.4 Å². The minimum Gasteiger partial charge on any atom is -0.346 e. The summed E-state index contributed by atoms with van der Waals surface area (Å²) in [6.45, 7) is -0.0481. The predicted molar refractivity (Wildman–Crippen MR) is 63.8 cm³/mol. The highest BCUT2D eigenvalue weighted by molar-refractivity contribution is 5.94. The van der Waals surface area contributed by atoms with Gasteiger partial charge in [-0.15, -0.1) is 0 Å². The van der Waals surface area contributed by atoms with Crippen LogP contribution in [-0.4, -0.2) is 60.7 Å². The predicted octanol–water partition coefficient (Wildman–Crippen LogP) is -2.66. The lowest BCUT2D eigenvalue weighted by Gasteiger charge is -2.24. The standard InChI is InChI=1S/C11H16N4O4/c16-8-4-12-9(17)5-14-11(19)7-2-1-3-15(7)10(18)6-13-8/h7H,1-6H2,(H,12,17)(H,13,16)(H,14,19)/t7-/m1/s1. The van der Waals surface area contributed by atoms with Gasteiger partial charge in [-0.3, -0.25) is 19.2 Å². The van der Waals surface area contributed by atoms with Crippen LogP contribution in [0.5, 0.6) is 0 Å². The van der Waals surface area contributed by atoms with Crippen LogP contribution in [0.3, 0.4) is 0 Å². The molecule has 2 aliphatic rings. The molecular formula is C11H16N4O4. The molecule has 0 aliphatic carbocycles. The Morgan fingerprint density at radius 2 is 1.53 bits per heavy atom. The summed E-state index contributed by atoms with van der Waals surface area (Å²) in [4.78, 5) is 48.0. The Balaban J connectivity index is 2.09. The zero-order chi connectivity index (χ0) is 13.8. The van der Waals surface area contributed by atoms with E-state index in [1.807, 2.05) is 0 Å². The maximum Gasteiger partial charge on any atom is 0.243 e. The van der Waals surface area contributed by atoms with Gasteiger partial charge in [-0.05, 0) is 12.8 Å². The molecule has 0 aromatic heterocycles. The normalized spacial score (nSPS) is 25.7. The zero-order valence-electron chi connectivity index (χ0n) is 10.4. The Kier molecular flexibility index (Phi) is 3.98. The first-order valence-electron chi connectivity index (χ1n) is 6.18. The van der Waals surface area contributed by atoms with E-state index in [1.165, 1.54) is 4.90 Å². The number of nitrogens with one attached hydrogen (secondary N) is 3. The van der Waals surface area contributed by atoms with Crippen LogP contribution < -0.4 is 16.0 Å². The van der Waals surface area contributed by atoms with E-state index in [2.05, 4.69) is 16.0 Å². The van der Waals surface area contributed by atoms with Crippen LogP contribution in [-0.2, 0) is 19.2 Å². The van der Waals surface area contributed by atoms with Crippen molar-refractivity contribution in [1.82, 2.24) is 20.9 Å². The van der Waals surface area contributed by atoms with Crippen molar-refractivity contribution < 1.29 is 19.2 Å². The van der Waals surface area contributed by atoms with Crippen LogP contribution in [0.2, 0.25) is 0 Å². The number of amides is 4. The fraction of sp³-hybridized carbons (Fsp3) is 0.636. The fourth-order valence-corrected chi connectivity index (χ4v) is 2.20. The van der Waals surface area contributed by atoms with Crippen molar-refractivity contribution in [1.29, 1.82) is 0 Å². The monoisotopic (exact) mass is 268 g/mol. The maximum absolute atomic E-state index is 11.9. The first kappa shape index (κ1) is 13.3. The molecule has 0 aromatic rings. The van der Waals surface area contributed by atoms with E-state index in [0.29, 0.717) is 13.0 Å². The molecule has 0 spiro atoms. The molecule has 0 bridgehead atoms. The third kappa shape index (κ3) is 3.21. The van der Waals surface area contributed by atoms with Gasteiger partial charge >= 0.3 is 0 Å². The van der Waals surface area contributed by atoms with Gasteiger partial charge in [-0.1, -0.05) is 0 Å². The smallest absolute Gasteiger partial charge is 0.243 e. The third-order valence-electron chi connectivity index (χ3n) is 3.18. The van der Waals surface area contributed by atoms with Gasteiger partial charge in [-0.25, -0.2) is 0 Å². The lowest BCUT2D eigenvalue weighted by atomic mass is 10.2. The molecular weight excluding hydrogens is 252 g/mol. The van der Waals surface area contributed by atoms with Crippen molar-refractivity contribution in [3.8, 4) is 0 Å². The van der Waals surface area contributed by atoms with Crippen molar-refractivity contribution in [3.05, 3.63) is 0 Å². The average Bonchev–Trinajstić information content (AvgIpc) is 2.88. The second kappa shape index (κ2) is 5.68. The van der Waals surface area contributed by atoms with Gasteiger partial charge in [-0.2, -0.15) is 0 Å². The Morgan fingerprint density at radius 1 is 0.895 bits per heavy atom. The van der Waals surface area contributed by atoms with Crippen LogP contribution in [0, 0.1) is 0 Å². The number of carbonyl (C=O) groups is 4. The Bertz CT molecular complexity index is 385. The summed E-state index contributed by atoms with van der Waals surface area (Å²) < 4.78 is 0. The van der Waals surface area contributed by atoms with Crippen LogP contribution >= 0.6 is 0 Å². The molecule has 2 rings (SSSR count). The molecule has 19 heavy (non-hydrogen) atoms. The minimum absolute atomic E-state index is 0.154. The van der Waals surface area contributed by atoms with E-state index in [9.17, 15) is 19.2 Å². The van der Waals surface area contributed by atoms with Crippen molar-refractivity contribution in [3.63, 3.8) is 0 Å². The summed E-state index contributed by atoms with van der Waals surface area (Å²) >= 11 is 0. The molecule has 104 valence electrons. The van der Waals surface area contributed by atoms with Gasteiger partial charge in [0, 0.05) is 6.54 Å². The number of nitrogens with zero attached hydrogens (tertiary/aromatic N) is 1. The van der Waals surface area contributed by atoms with Crippen LogP contribution in [0.1, 0.15) is 12.8 Å². The lowest BCUT2D eigenvalue weighted by molar-refractivity contribution is -0.139. The molecule has 0 unspecified atom stereocenters. The van der Waals surface area contributed by atoms with E-state index < -0.39 is 17.9 Å². The molecule has 8 heteroatoms. The first-order chi connectivity index (χ1) is 9.08. The van der Waals surface area contributed by atoms with Gasteiger partial charge in [0.2, 0.25) is 23.6 Å². The van der Waals surface area contributed by atoms with Crippen LogP contribution in [0.4, 0.5) is 0 Å². The Morgan fingerprint density at radius 3 is 2.26 bits per heavy atom. The first-order valence-corrected chi connectivity index (χ1v) is 6.18. The number of rotatable bonds is 0. The number of carbonyl (C=O) groups excluding carboxylic acids is 4. The highest BCUT2D eigenvalue weighted by Gasteiger charge is 2.34. The van der Waals surface area contributed by atoms with Crippen LogP contribution in [0.15, 0.2) is 0 Å². The quantitative estimate of drug-likeness (QED) is 0.445. The molecule has 2 fully saturated rings. The lowest BCUT2D eigenvalue weighted by Crippen LogP contribution is -2.52. The Hall–Kier alpha value is -2.12.